The smallest absolute Gasteiger partial charge is 0.107 e. The first kappa shape index (κ1) is 18.7. The second kappa shape index (κ2) is 8.45. The molecule has 0 saturated heterocycles. The van der Waals surface area contributed by atoms with Crippen LogP contribution in [0, 0.1) is 5.92 Å². The van der Waals surface area contributed by atoms with E-state index < -0.39 is 8.07 Å². The van der Waals surface area contributed by atoms with Gasteiger partial charge in [-0.15, -0.1) is 6.58 Å². The van der Waals surface area contributed by atoms with Gasteiger partial charge in [-0.25, -0.2) is 0 Å². The van der Waals surface area contributed by atoms with Crippen LogP contribution < -0.4 is 5.19 Å². The first-order valence-electron chi connectivity index (χ1n) is 8.93. The topological polar surface area (TPSA) is 20.2 Å². The Morgan fingerprint density at radius 2 is 1.54 bits per heavy atom. The van der Waals surface area contributed by atoms with Gasteiger partial charge in [0.15, 0.2) is 0 Å². The summed E-state index contributed by atoms with van der Waals surface area (Å²) in [4.78, 5) is 0. The van der Waals surface area contributed by atoms with Crippen LogP contribution in [0.3, 0.4) is 0 Å². The molecule has 2 rings (SSSR count). The molecule has 0 spiro atoms. The Morgan fingerprint density at radius 3 is 2.08 bits per heavy atom. The predicted molar refractivity (Wildman–Crippen MR) is 107 cm³/mol. The van der Waals surface area contributed by atoms with Gasteiger partial charge in [-0.3, -0.25) is 0 Å². The second-order valence-electron chi connectivity index (χ2n) is 7.12. The Morgan fingerprint density at radius 1 is 1.00 bits per heavy atom. The van der Waals surface area contributed by atoms with E-state index in [1.165, 1.54) is 15.9 Å². The van der Waals surface area contributed by atoms with Gasteiger partial charge in [0.1, 0.15) is 8.07 Å². The summed E-state index contributed by atoms with van der Waals surface area (Å²) in [6.07, 6.45) is 2.33. The van der Waals surface area contributed by atoms with Crippen molar-refractivity contribution in [3.8, 4) is 0 Å². The normalized spacial score (nSPS) is 14.2. The van der Waals surface area contributed by atoms with Crippen molar-refractivity contribution in [3.63, 3.8) is 0 Å². The van der Waals surface area contributed by atoms with Crippen LogP contribution in [-0.2, 0) is 6.42 Å². The summed E-state index contributed by atoms with van der Waals surface area (Å²) in [6, 6.07) is 21.1. The molecule has 0 aliphatic heterocycles. The van der Waals surface area contributed by atoms with E-state index >= 15 is 0 Å². The highest BCUT2D eigenvalue weighted by Crippen LogP contribution is 2.28. The monoisotopic (exact) mass is 338 g/mol. The minimum atomic E-state index is -1.79. The minimum Gasteiger partial charge on any atom is -0.393 e. The zero-order chi connectivity index (χ0) is 17.6. The Bertz CT molecular complexity index is 634. The number of hydrogen-bond donors (Lipinski definition) is 1. The van der Waals surface area contributed by atoms with E-state index in [0.717, 1.165) is 19.3 Å². The highest BCUT2D eigenvalue weighted by molar-refractivity contribution is 6.95. The number of aliphatic hydroxyl groups excluding tert-OH is 1. The fourth-order valence-corrected chi connectivity index (χ4v) is 6.13. The summed E-state index contributed by atoms with van der Waals surface area (Å²) in [5, 5.41) is 13.5. The summed E-state index contributed by atoms with van der Waals surface area (Å²) in [5.41, 5.74) is 1.29. The van der Waals surface area contributed by atoms with Crippen LogP contribution in [0.1, 0.15) is 25.3 Å². The van der Waals surface area contributed by atoms with Crippen LogP contribution in [0.4, 0.5) is 0 Å². The van der Waals surface area contributed by atoms with Crippen LogP contribution in [-0.4, -0.2) is 19.3 Å². The molecule has 1 nitrogen and oxygen atoms in total. The van der Waals surface area contributed by atoms with E-state index in [0.29, 0.717) is 0 Å². The molecule has 0 aliphatic carbocycles. The SMILES string of the molecule is C=C([C@H](CC)[C@@H](O)CCc1ccccc1)[Si](C)(C)c1ccccc1. The molecule has 2 aromatic rings. The first-order chi connectivity index (χ1) is 11.5. The molecule has 1 N–H and O–H groups in total. The Balaban J connectivity index is 2.07. The molecule has 24 heavy (non-hydrogen) atoms. The predicted octanol–water partition coefficient (Wildman–Crippen LogP) is 4.72. The molecule has 0 radical (unpaired) electrons. The number of benzene rings is 2. The van der Waals surface area contributed by atoms with Gasteiger partial charge < -0.3 is 5.11 Å². The fraction of sp³-hybridized carbons (Fsp3) is 0.364. The van der Waals surface area contributed by atoms with Gasteiger partial charge in [0, 0.05) is 5.92 Å². The lowest BCUT2D eigenvalue weighted by Gasteiger charge is -2.34. The summed E-state index contributed by atoms with van der Waals surface area (Å²) < 4.78 is 0. The van der Waals surface area contributed by atoms with E-state index in [2.05, 4.69) is 81.2 Å². The standard InChI is InChI=1S/C22H30OSi/c1-5-21(22(23)17-16-19-12-8-6-9-13-19)18(2)24(3,4)20-14-10-7-11-15-20/h6-15,21-23H,2,5,16-17H2,1,3-4H3/t21-,22-/m0/s1. The molecular weight excluding hydrogens is 308 g/mol. The third-order valence-corrected chi connectivity index (χ3v) is 8.97. The van der Waals surface area contributed by atoms with Crippen LogP contribution in [0.5, 0.6) is 0 Å². The highest BCUT2D eigenvalue weighted by Gasteiger charge is 2.33. The molecule has 0 bridgehead atoms. The third-order valence-electron chi connectivity index (χ3n) is 5.22. The minimum absolute atomic E-state index is 0.176. The van der Waals surface area contributed by atoms with Gasteiger partial charge >= 0.3 is 0 Å². The van der Waals surface area contributed by atoms with Gasteiger partial charge in [-0.1, -0.05) is 91.1 Å². The van der Waals surface area contributed by atoms with Crippen LogP contribution in [0.15, 0.2) is 72.4 Å². The molecule has 0 aromatic heterocycles. The van der Waals surface area contributed by atoms with Gasteiger partial charge in [0.05, 0.1) is 6.10 Å². The quantitative estimate of drug-likeness (QED) is 0.691. The number of aryl methyl sites for hydroxylation is 1. The van der Waals surface area contributed by atoms with E-state index in [1.807, 2.05) is 6.07 Å². The average Bonchev–Trinajstić information content (AvgIpc) is 2.62. The van der Waals surface area contributed by atoms with Crippen molar-refractivity contribution in [1.29, 1.82) is 0 Å². The zero-order valence-corrected chi connectivity index (χ0v) is 16.2. The van der Waals surface area contributed by atoms with Gasteiger partial charge in [0.25, 0.3) is 0 Å². The van der Waals surface area contributed by atoms with Crippen molar-refractivity contribution in [1.82, 2.24) is 0 Å². The maximum absolute atomic E-state index is 10.8. The van der Waals surface area contributed by atoms with Crippen LogP contribution in [0.25, 0.3) is 0 Å². The molecule has 2 heteroatoms. The van der Waals surface area contributed by atoms with Gasteiger partial charge in [0.2, 0.25) is 0 Å². The lowest BCUT2D eigenvalue weighted by atomic mass is 9.94. The molecule has 2 aromatic carbocycles. The summed E-state index contributed by atoms with van der Waals surface area (Å²) in [6.45, 7) is 11.3. The fourth-order valence-electron chi connectivity index (χ4n) is 3.41. The molecule has 0 saturated carbocycles. The van der Waals surface area contributed by atoms with E-state index in [4.69, 9.17) is 0 Å². The molecule has 0 heterocycles. The third kappa shape index (κ3) is 4.46. The van der Waals surface area contributed by atoms with E-state index in [9.17, 15) is 5.11 Å². The number of rotatable bonds is 8. The molecule has 0 amide bonds. The molecule has 0 unspecified atom stereocenters. The second-order valence-corrected chi connectivity index (χ2v) is 11.6. The van der Waals surface area contributed by atoms with Gasteiger partial charge in [-0.2, -0.15) is 0 Å². The van der Waals surface area contributed by atoms with E-state index in [-0.39, 0.29) is 12.0 Å². The first-order valence-corrected chi connectivity index (χ1v) is 11.9. The molecular formula is C22H30OSi. The van der Waals surface area contributed by atoms with Crippen LogP contribution in [0.2, 0.25) is 13.1 Å². The highest BCUT2D eigenvalue weighted by atomic mass is 28.3. The molecule has 0 aliphatic rings. The van der Waals surface area contributed by atoms with E-state index in [1.54, 1.807) is 0 Å². The molecule has 128 valence electrons. The van der Waals surface area contributed by atoms with Crippen molar-refractivity contribution in [2.45, 2.75) is 45.4 Å². The van der Waals surface area contributed by atoms with Crippen molar-refractivity contribution in [2.24, 2.45) is 5.92 Å². The van der Waals surface area contributed by atoms with Crippen molar-refractivity contribution in [2.75, 3.05) is 0 Å². The largest absolute Gasteiger partial charge is 0.393 e. The Labute approximate surface area is 148 Å². The maximum Gasteiger partial charge on any atom is 0.107 e. The number of aliphatic hydroxyl groups is 1. The number of hydrogen-bond acceptors (Lipinski definition) is 1. The summed E-state index contributed by atoms with van der Waals surface area (Å²) in [5.74, 6) is 0.176. The maximum atomic E-state index is 10.8. The molecule has 0 fully saturated rings. The zero-order valence-electron chi connectivity index (χ0n) is 15.2. The molecule has 2 atom stereocenters. The van der Waals surface area contributed by atoms with Crippen molar-refractivity contribution < 1.29 is 5.11 Å². The Hall–Kier alpha value is -1.64. The average molecular weight is 339 g/mol. The van der Waals surface area contributed by atoms with Crippen LogP contribution >= 0.6 is 0 Å². The lowest BCUT2D eigenvalue weighted by molar-refractivity contribution is 0.116. The van der Waals surface area contributed by atoms with Crippen molar-refractivity contribution in [3.05, 3.63) is 78.0 Å². The summed E-state index contributed by atoms with van der Waals surface area (Å²) in [7, 11) is -1.79. The van der Waals surface area contributed by atoms with Crippen molar-refractivity contribution >= 4 is 13.3 Å². The lowest BCUT2D eigenvalue weighted by Crippen LogP contribution is -2.47. The van der Waals surface area contributed by atoms with Gasteiger partial charge in [-0.05, 0) is 24.8 Å². The Kier molecular flexibility index (Phi) is 6.58. The summed E-state index contributed by atoms with van der Waals surface area (Å²) >= 11 is 0.